The summed E-state index contributed by atoms with van der Waals surface area (Å²) in [5, 5.41) is 9.22. The fourth-order valence-corrected chi connectivity index (χ4v) is 2.14. The van der Waals surface area contributed by atoms with Crippen LogP contribution in [0.5, 0.6) is 0 Å². The topological polar surface area (TPSA) is 20.2 Å². The molecule has 0 fully saturated rings. The molecule has 0 heterocycles. The van der Waals surface area contributed by atoms with E-state index in [1.54, 1.807) is 0 Å². The van der Waals surface area contributed by atoms with Crippen molar-refractivity contribution in [2.45, 2.75) is 34.3 Å². The number of hydrogen-bond donors (Lipinski definition) is 1. The Bertz CT molecular complexity index is 313. The summed E-state index contributed by atoms with van der Waals surface area (Å²) in [6, 6.07) is 0. The average molecular weight is 243 g/mol. The van der Waals surface area contributed by atoms with E-state index in [-0.39, 0.29) is 6.61 Å². The van der Waals surface area contributed by atoms with Crippen LogP contribution in [0.15, 0.2) is 4.47 Å². The van der Waals surface area contributed by atoms with Gasteiger partial charge in [0, 0.05) is 4.47 Å². The van der Waals surface area contributed by atoms with Gasteiger partial charge in [0.1, 0.15) is 0 Å². The molecule has 0 bridgehead atoms. The zero-order chi connectivity index (χ0) is 10.2. The molecule has 0 aliphatic carbocycles. The number of hydrogen-bond acceptors (Lipinski definition) is 1. The molecule has 0 amide bonds. The second kappa shape index (κ2) is 3.81. The molecule has 1 aromatic rings. The monoisotopic (exact) mass is 242 g/mol. The van der Waals surface area contributed by atoms with Gasteiger partial charge < -0.3 is 5.11 Å². The third kappa shape index (κ3) is 1.65. The fourth-order valence-electron chi connectivity index (χ4n) is 1.60. The predicted molar refractivity (Wildman–Crippen MR) is 59.0 cm³/mol. The molecule has 0 aromatic heterocycles. The Morgan fingerprint density at radius 1 is 0.923 bits per heavy atom. The van der Waals surface area contributed by atoms with E-state index in [2.05, 4.69) is 36.7 Å². The van der Waals surface area contributed by atoms with E-state index >= 15 is 0 Å². The van der Waals surface area contributed by atoms with Crippen molar-refractivity contribution in [2.75, 3.05) is 0 Å². The first-order chi connectivity index (χ1) is 6.00. The van der Waals surface area contributed by atoms with Crippen LogP contribution in [0, 0.1) is 27.7 Å². The van der Waals surface area contributed by atoms with Gasteiger partial charge in [0.2, 0.25) is 0 Å². The minimum Gasteiger partial charge on any atom is -0.392 e. The van der Waals surface area contributed by atoms with Gasteiger partial charge in [-0.3, -0.25) is 0 Å². The van der Waals surface area contributed by atoms with Crippen molar-refractivity contribution in [3.63, 3.8) is 0 Å². The van der Waals surface area contributed by atoms with Gasteiger partial charge in [-0.05, 0) is 55.5 Å². The fraction of sp³-hybridized carbons (Fsp3) is 0.455. The lowest BCUT2D eigenvalue weighted by Crippen LogP contribution is -2.00. The summed E-state index contributed by atoms with van der Waals surface area (Å²) in [7, 11) is 0. The van der Waals surface area contributed by atoms with Crippen molar-refractivity contribution < 1.29 is 5.11 Å². The Morgan fingerprint density at radius 2 is 1.46 bits per heavy atom. The van der Waals surface area contributed by atoms with Crippen LogP contribution in [0.2, 0.25) is 0 Å². The smallest absolute Gasteiger partial charge is 0.0687 e. The number of benzene rings is 1. The van der Waals surface area contributed by atoms with Crippen molar-refractivity contribution in [1.29, 1.82) is 0 Å². The van der Waals surface area contributed by atoms with Crippen molar-refractivity contribution in [1.82, 2.24) is 0 Å². The Hall–Kier alpha value is -0.340. The van der Waals surface area contributed by atoms with Crippen LogP contribution < -0.4 is 0 Å². The van der Waals surface area contributed by atoms with Crippen molar-refractivity contribution in [2.24, 2.45) is 0 Å². The lowest BCUT2D eigenvalue weighted by molar-refractivity contribution is 0.280. The van der Waals surface area contributed by atoms with Gasteiger partial charge >= 0.3 is 0 Å². The molecule has 13 heavy (non-hydrogen) atoms. The first-order valence-electron chi connectivity index (χ1n) is 4.36. The van der Waals surface area contributed by atoms with Gasteiger partial charge in [-0.2, -0.15) is 0 Å². The maximum atomic E-state index is 9.22. The van der Waals surface area contributed by atoms with Crippen molar-refractivity contribution in [3.05, 3.63) is 32.3 Å². The minimum absolute atomic E-state index is 0.122. The summed E-state index contributed by atoms with van der Waals surface area (Å²) >= 11 is 3.54. The summed E-state index contributed by atoms with van der Waals surface area (Å²) < 4.78 is 1.12. The number of aliphatic hydroxyl groups is 1. The molecular formula is C11H15BrO. The van der Waals surface area contributed by atoms with Crippen molar-refractivity contribution >= 4 is 15.9 Å². The minimum atomic E-state index is 0.122. The second-order valence-electron chi connectivity index (χ2n) is 3.45. The summed E-state index contributed by atoms with van der Waals surface area (Å²) in [6.07, 6.45) is 0. The third-order valence-corrected chi connectivity index (χ3v) is 4.04. The Kier molecular flexibility index (Phi) is 3.14. The second-order valence-corrected chi connectivity index (χ2v) is 4.24. The van der Waals surface area contributed by atoms with Gasteiger partial charge in [-0.1, -0.05) is 15.9 Å². The number of aliphatic hydroxyl groups excluding tert-OH is 1. The molecule has 0 radical (unpaired) electrons. The third-order valence-electron chi connectivity index (χ3n) is 2.85. The Morgan fingerprint density at radius 3 is 1.92 bits per heavy atom. The van der Waals surface area contributed by atoms with Gasteiger partial charge in [0.05, 0.1) is 6.61 Å². The van der Waals surface area contributed by atoms with E-state index in [1.165, 1.54) is 16.7 Å². The lowest BCUT2D eigenvalue weighted by Gasteiger charge is -2.15. The molecule has 0 spiro atoms. The van der Waals surface area contributed by atoms with Crippen LogP contribution in [-0.4, -0.2) is 5.11 Å². The van der Waals surface area contributed by atoms with E-state index < -0.39 is 0 Å². The molecule has 0 aliphatic rings. The van der Waals surface area contributed by atoms with E-state index in [4.69, 9.17) is 0 Å². The molecule has 0 atom stereocenters. The zero-order valence-corrected chi connectivity index (χ0v) is 10.1. The van der Waals surface area contributed by atoms with Crippen LogP contribution >= 0.6 is 15.9 Å². The number of halogens is 1. The molecule has 1 aromatic carbocycles. The standard InChI is InChI=1S/C11H15BrO/c1-6-7(2)10(5-13)9(4)11(12)8(6)3/h13H,5H2,1-4H3. The van der Waals surface area contributed by atoms with Crippen LogP contribution in [0.25, 0.3) is 0 Å². The van der Waals surface area contributed by atoms with Gasteiger partial charge in [-0.25, -0.2) is 0 Å². The first kappa shape index (κ1) is 10.7. The van der Waals surface area contributed by atoms with E-state index in [9.17, 15) is 5.11 Å². The van der Waals surface area contributed by atoms with Gasteiger partial charge in [0.15, 0.2) is 0 Å². The maximum absolute atomic E-state index is 9.22. The Balaban J connectivity index is 3.56. The molecule has 1 nitrogen and oxygen atoms in total. The summed E-state index contributed by atoms with van der Waals surface area (Å²) in [5.41, 5.74) is 5.95. The van der Waals surface area contributed by atoms with Gasteiger partial charge in [0.25, 0.3) is 0 Å². The highest BCUT2D eigenvalue weighted by molar-refractivity contribution is 9.10. The largest absolute Gasteiger partial charge is 0.392 e. The molecule has 2 heteroatoms. The van der Waals surface area contributed by atoms with Crippen molar-refractivity contribution in [3.8, 4) is 0 Å². The molecular weight excluding hydrogens is 228 g/mol. The molecule has 0 saturated carbocycles. The average Bonchev–Trinajstić information content (AvgIpc) is 2.13. The molecule has 1 N–H and O–H groups in total. The maximum Gasteiger partial charge on any atom is 0.0687 e. The van der Waals surface area contributed by atoms with Crippen LogP contribution in [-0.2, 0) is 6.61 Å². The van der Waals surface area contributed by atoms with E-state index in [1.807, 2.05) is 6.92 Å². The molecule has 0 unspecified atom stereocenters. The molecule has 72 valence electrons. The molecule has 0 saturated heterocycles. The summed E-state index contributed by atoms with van der Waals surface area (Å²) in [6.45, 7) is 8.41. The molecule has 1 rings (SSSR count). The lowest BCUT2D eigenvalue weighted by atomic mass is 9.95. The van der Waals surface area contributed by atoms with E-state index in [0.29, 0.717) is 0 Å². The highest BCUT2D eigenvalue weighted by Crippen LogP contribution is 2.30. The van der Waals surface area contributed by atoms with Crippen LogP contribution in [0.4, 0.5) is 0 Å². The van der Waals surface area contributed by atoms with Crippen LogP contribution in [0.1, 0.15) is 27.8 Å². The predicted octanol–water partition coefficient (Wildman–Crippen LogP) is 3.18. The number of rotatable bonds is 1. The summed E-state index contributed by atoms with van der Waals surface area (Å²) in [5.74, 6) is 0. The highest BCUT2D eigenvalue weighted by Gasteiger charge is 2.11. The quantitative estimate of drug-likeness (QED) is 0.803. The Labute approximate surface area is 87.9 Å². The SMILES string of the molecule is Cc1c(C)c(Br)c(C)c(CO)c1C. The normalized spacial score (nSPS) is 10.6. The molecule has 0 aliphatic heterocycles. The highest BCUT2D eigenvalue weighted by atomic mass is 79.9. The van der Waals surface area contributed by atoms with Gasteiger partial charge in [-0.15, -0.1) is 0 Å². The van der Waals surface area contributed by atoms with Crippen LogP contribution in [0.3, 0.4) is 0 Å². The zero-order valence-electron chi connectivity index (χ0n) is 8.53. The summed E-state index contributed by atoms with van der Waals surface area (Å²) in [4.78, 5) is 0. The van der Waals surface area contributed by atoms with E-state index in [0.717, 1.165) is 15.6 Å². The first-order valence-corrected chi connectivity index (χ1v) is 5.15.